The van der Waals surface area contributed by atoms with E-state index in [1.165, 1.54) is 0 Å². The molecule has 2 rings (SSSR count). The number of halogens is 1. The van der Waals surface area contributed by atoms with Gasteiger partial charge < -0.3 is 16.4 Å². The summed E-state index contributed by atoms with van der Waals surface area (Å²) in [4.78, 5) is 9.05. The Balaban J connectivity index is 2.49. The second-order valence-corrected chi connectivity index (χ2v) is 8.15. The van der Waals surface area contributed by atoms with Gasteiger partial charge in [-0.3, -0.25) is 9.11 Å². The maximum atomic E-state index is 13.6. The van der Waals surface area contributed by atoms with Gasteiger partial charge in [-0.1, -0.05) is 0 Å². The lowest BCUT2D eigenvalue weighted by molar-refractivity contribution is 0.479. The van der Waals surface area contributed by atoms with E-state index in [0.29, 0.717) is 6.07 Å². The zero-order valence-corrected chi connectivity index (χ0v) is 15.3. The fourth-order valence-corrected chi connectivity index (χ4v) is 2.98. The highest BCUT2D eigenvalue weighted by Crippen LogP contribution is 2.27. The lowest BCUT2D eigenvalue weighted by Crippen LogP contribution is -2.26. The van der Waals surface area contributed by atoms with Gasteiger partial charge in [0.2, 0.25) is 11.9 Å². The molecule has 0 amide bonds. The van der Waals surface area contributed by atoms with Crippen LogP contribution >= 0.6 is 0 Å². The second-order valence-electron chi connectivity index (χ2n) is 5.34. The highest BCUT2D eigenvalue weighted by Gasteiger charge is 2.21. The van der Waals surface area contributed by atoms with E-state index in [1.54, 1.807) is 6.92 Å². The van der Waals surface area contributed by atoms with E-state index in [9.17, 15) is 25.8 Å². The molecule has 1 aromatic heterocycles. The van der Waals surface area contributed by atoms with Crippen LogP contribution in [0, 0.1) is 6.08 Å². The third kappa shape index (κ3) is 5.76. The number of hydrogen-bond donors (Lipinski definition) is 5. The molecule has 1 atom stereocenters. The summed E-state index contributed by atoms with van der Waals surface area (Å²) in [5, 5.41) is 4.89. The van der Waals surface area contributed by atoms with Gasteiger partial charge in [0.25, 0.3) is 20.2 Å². The molecule has 2 aromatic rings. The minimum absolute atomic E-state index is 0.192. The van der Waals surface area contributed by atoms with Crippen LogP contribution in [0.3, 0.4) is 0 Å². The van der Waals surface area contributed by atoms with Crippen molar-refractivity contribution in [1.82, 2.24) is 15.0 Å². The van der Waals surface area contributed by atoms with Gasteiger partial charge in [0, 0.05) is 12.6 Å². The first kappa shape index (κ1) is 20.8. The molecule has 1 heterocycles. The molecule has 148 valence electrons. The number of nitrogens with two attached hydrogens (primary N) is 1. The number of aromatic nitrogens is 3. The van der Waals surface area contributed by atoms with Gasteiger partial charge in [0.15, 0.2) is 0 Å². The van der Waals surface area contributed by atoms with E-state index in [2.05, 4.69) is 25.6 Å². The number of nitrogens with zero attached hydrogens (tertiary/aromatic N) is 3. The molecule has 1 unspecified atom stereocenters. The number of nitrogens with one attached hydrogen (secondary N) is 2. The van der Waals surface area contributed by atoms with Crippen LogP contribution in [-0.2, 0) is 20.2 Å². The minimum atomic E-state index is -4.79. The standard InChI is InChI=1S/C12H15FN6O6S2/c1-6(14)5-15-11-17-10(13)18-12(19-11)16-8-4-7(26(20,21)22)2-3-9(8)27(23,24)25/h2-4,6H,5,14H2,1H3,(H,20,21,22)(H,23,24,25)(H2,15,16,17,18,19). The van der Waals surface area contributed by atoms with Crippen molar-refractivity contribution < 1.29 is 30.3 Å². The second kappa shape index (κ2) is 7.65. The Kier molecular flexibility index (Phi) is 5.91. The largest absolute Gasteiger partial charge is 0.352 e. The van der Waals surface area contributed by atoms with Crippen molar-refractivity contribution in [3.05, 3.63) is 24.3 Å². The Bertz CT molecular complexity index is 1060. The number of hydrogen-bond acceptors (Lipinski definition) is 10. The van der Waals surface area contributed by atoms with Gasteiger partial charge in [-0.15, -0.1) is 0 Å². The molecule has 0 saturated heterocycles. The third-order valence-corrected chi connectivity index (χ3v) is 4.73. The van der Waals surface area contributed by atoms with Gasteiger partial charge in [-0.25, -0.2) is 0 Å². The van der Waals surface area contributed by atoms with E-state index in [0.717, 1.165) is 12.1 Å². The molecular weight excluding hydrogens is 407 g/mol. The smallest absolute Gasteiger partial charge is 0.315 e. The predicted octanol–water partition coefficient (Wildman–Crippen LogP) is 0.00680. The van der Waals surface area contributed by atoms with Crippen LogP contribution in [0.25, 0.3) is 0 Å². The lowest BCUT2D eigenvalue weighted by atomic mass is 10.3. The van der Waals surface area contributed by atoms with Crippen LogP contribution in [0.4, 0.5) is 22.0 Å². The van der Waals surface area contributed by atoms with E-state index in [4.69, 9.17) is 10.3 Å². The van der Waals surface area contributed by atoms with Crippen molar-refractivity contribution in [3.8, 4) is 0 Å². The maximum Gasteiger partial charge on any atom is 0.315 e. The van der Waals surface area contributed by atoms with Crippen molar-refractivity contribution in [2.45, 2.75) is 22.8 Å². The molecule has 0 aliphatic rings. The average molecular weight is 422 g/mol. The fourth-order valence-electron chi connectivity index (χ4n) is 1.85. The average Bonchev–Trinajstić information content (AvgIpc) is 2.50. The molecule has 0 aliphatic heterocycles. The van der Waals surface area contributed by atoms with E-state index in [-0.39, 0.29) is 18.5 Å². The molecule has 12 nitrogen and oxygen atoms in total. The molecule has 0 saturated carbocycles. The Hall–Kier alpha value is -2.46. The third-order valence-electron chi connectivity index (χ3n) is 2.96. The summed E-state index contributed by atoms with van der Waals surface area (Å²) >= 11 is 0. The first-order chi connectivity index (χ1) is 12.4. The molecule has 0 aliphatic carbocycles. The number of rotatable bonds is 7. The summed E-state index contributed by atoms with van der Waals surface area (Å²) in [6, 6.07) is 1.88. The Labute approximate surface area is 153 Å². The van der Waals surface area contributed by atoms with E-state index < -0.39 is 47.7 Å². The summed E-state index contributed by atoms with van der Waals surface area (Å²) in [6.07, 6.45) is -1.22. The SMILES string of the molecule is CC(N)CNc1nc(F)nc(Nc2cc(S(=O)(=O)O)ccc2S(=O)(=O)O)n1. The van der Waals surface area contributed by atoms with Crippen molar-refractivity contribution in [1.29, 1.82) is 0 Å². The van der Waals surface area contributed by atoms with E-state index >= 15 is 0 Å². The molecular formula is C12H15FN6O6S2. The van der Waals surface area contributed by atoms with Gasteiger partial charge in [-0.05, 0) is 25.1 Å². The van der Waals surface area contributed by atoms with Crippen LogP contribution in [0.1, 0.15) is 6.92 Å². The summed E-state index contributed by atoms with van der Waals surface area (Å²) in [7, 11) is -9.48. The summed E-state index contributed by atoms with van der Waals surface area (Å²) in [5.41, 5.74) is 5.03. The molecule has 0 radical (unpaired) electrons. The monoisotopic (exact) mass is 422 g/mol. The van der Waals surface area contributed by atoms with Crippen molar-refractivity contribution in [3.63, 3.8) is 0 Å². The molecule has 6 N–H and O–H groups in total. The number of benzene rings is 1. The molecule has 15 heteroatoms. The van der Waals surface area contributed by atoms with Crippen LogP contribution < -0.4 is 16.4 Å². The van der Waals surface area contributed by atoms with Crippen LogP contribution in [0.5, 0.6) is 0 Å². The molecule has 0 spiro atoms. The van der Waals surface area contributed by atoms with Gasteiger partial charge in [0.05, 0.1) is 10.6 Å². The van der Waals surface area contributed by atoms with Gasteiger partial charge in [0.1, 0.15) is 4.90 Å². The van der Waals surface area contributed by atoms with Crippen LogP contribution in [0.15, 0.2) is 28.0 Å². The Morgan fingerprint density at radius 1 is 1.11 bits per heavy atom. The summed E-state index contributed by atoms with van der Waals surface area (Å²) in [6.45, 7) is 1.86. The van der Waals surface area contributed by atoms with Crippen molar-refractivity contribution in [2.24, 2.45) is 5.73 Å². The maximum absolute atomic E-state index is 13.6. The molecule has 27 heavy (non-hydrogen) atoms. The van der Waals surface area contributed by atoms with Crippen molar-refractivity contribution >= 4 is 37.8 Å². The quantitative estimate of drug-likeness (QED) is 0.375. The topological polar surface area (TPSA) is 197 Å². The molecule has 1 aromatic carbocycles. The molecule has 0 bridgehead atoms. The first-order valence-electron chi connectivity index (χ1n) is 7.13. The van der Waals surface area contributed by atoms with E-state index in [1.807, 2.05) is 0 Å². The van der Waals surface area contributed by atoms with Crippen LogP contribution in [-0.4, -0.2) is 53.5 Å². The Morgan fingerprint density at radius 3 is 2.30 bits per heavy atom. The Morgan fingerprint density at radius 2 is 1.74 bits per heavy atom. The summed E-state index contributed by atoms with van der Waals surface area (Å²) < 4.78 is 77.4. The van der Waals surface area contributed by atoms with Gasteiger partial charge in [-0.2, -0.15) is 36.2 Å². The van der Waals surface area contributed by atoms with Gasteiger partial charge >= 0.3 is 6.08 Å². The molecule has 0 fully saturated rings. The van der Waals surface area contributed by atoms with Crippen molar-refractivity contribution in [2.75, 3.05) is 17.2 Å². The lowest BCUT2D eigenvalue weighted by Gasteiger charge is -2.12. The highest BCUT2D eigenvalue weighted by molar-refractivity contribution is 7.86. The van der Waals surface area contributed by atoms with Crippen LogP contribution in [0.2, 0.25) is 0 Å². The minimum Gasteiger partial charge on any atom is -0.352 e. The fraction of sp³-hybridized carbons (Fsp3) is 0.250. The first-order valence-corrected chi connectivity index (χ1v) is 10.0. The zero-order valence-electron chi connectivity index (χ0n) is 13.7. The predicted molar refractivity (Wildman–Crippen MR) is 91.3 cm³/mol. The summed E-state index contributed by atoms with van der Waals surface area (Å²) in [5.74, 6) is -0.714. The highest BCUT2D eigenvalue weighted by atomic mass is 32.2. The normalized spacial score (nSPS) is 13.2. The zero-order chi connectivity index (χ0) is 20.4. The number of anilines is 3.